The van der Waals surface area contributed by atoms with Crippen LogP contribution in [0.5, 0.6) is 5.75 Å². The zero-order valence-electron chi connectivity index (χ0n) is 34.0. The van der Waals surface area contributed by atoms with E-state index < -0.39 is 28.9 Å². The smallest absolute Gasteiger partial charge is 0.309 e. The van der Waals surface area contributed by atoms with E-state index in [4.69, 9.17) is 9.47 Å². The highest BCUT2D eigenvalue weighted by Crippen LogP contribution is 2.77. The van der Waals surface area contributed by atoms with Crippen LogP contribution in [-0.2, 0) is 19.1 Å². The lowest BCUT2D eigenvalue weighted by Crippen LogP contribution is -2.66. The molecule has 1 aromatic carbocycles. The minimum atomic E-state index is -1.17. The fourth-order valence-corrected chi connectivity index (χ4v) is 13.1. The van der Waals surface area contributed by atoms with E-state index >= 15 is 0 Å². The van der Waals surface area contributed by atoms with Crippen molar-refractivity contribution in [2.24, 2.45) is 56.2 Å². The number of rotatable bonds is 12. The van der Waals surface area contributed by atoms with Gasteiger partial charge in [0, 0.05) is 30.3 Å². The van der Waals surface area contributed by atoms with Gasteiger partial charge in [0.1, 0.15) is 18.5 Å². The van der Waals surface area contributed by atoms with Crippen LogP contribution in [-0.4, -0.2) is 59.8 Å². The van der Waals surface area contributed by atoms with Gasteiger partial charge in [-0.3, -0.25) is 14.4 Å². The third kappa shape index (κ3) is 6.49. The summed E-state index contributed by atoms with van der Waals surface area (Å²) < 4.78 is 12.1. The number of para-hydroxylation sites is 1. The summed E-state index contributed by atoms with van der Waals surface area (Å²) in [4.78, 5) is 38.9. The minimum absolute atomic E-state index is 0.0139. The summed E-state index contributed by atoms with van der Waals surface area (Å²) in [6.07, 6.45) is 7.17. The number of carbonyl (C=O) groups is 3. The van der Waals surface area contributed by atoms with E-state index in [1.54, 1.807) is 13.8 Å². The predicted octanol–water partition coefficient (Wildman–Crippen LogP) is 8.41. The van der Waals surface area contributed by atoms with Gasteiger partial charge in [0.15, 0.2) is 5.78 Å². The molecular formula is C45H67NO7. The van der Waals surface area contributed by atoms with Crippen molar-refractivity contribution in [3.05, 3.63) is 41.5 Å². The third-order valence-electron chi connectivity index (χ3n) is 16.1. The molecule has 294 valence electrons. The van der Waals surface area contributed by atoms with E-state index in [9.17, 15) is 24.6 Å². The number of aliphatic hydroxyl groups is 1. The number of nitrogens with one attached hydrogen (secondary N) is 1. The van der Waals surface area contributed by atoms with Crippen LogP contribution in [0, 0.1) is 56.2 Å². The Labute approximate surface area is 318 Å². The predicted molar refractivity (Wildman–Crippen MR) is 206 cm³/mol. The largest absolute Gasteiger partial charge is 0.492 e. The van der Waals surface area contributed by atoms with Crippen molar-refractivity contribution in [2.45, 2.75) is 139 Å². The summed E-state index contributed by atoms with van der Waals surface area (Å²) in [5.74, 6) is 0.867. The number of fused-ring (bicyclic) bond motifs is 7. The number of carboxylic acid groups (broad SMARTS) is 1. The molecule has 1 aromatic rings. The van der Waals surface area contributed by atoms with E-state index in [2.05, 4.69) is 53.8 Å². The highest BCUT2D eigenvalue weighted by molar-refractivity contribution is 6.00. The van der Waals surface area contributed by atoms with E-state index in [1.165, 1.54) is 5.57 Å². The maximum atomic E-state index is 14.0. The van der Waals surface area contributed by atoms with Crippen LogP contribution >= 0.6 is 0 Å². The van der Waals surface area contributed by atoms with Gasteiger partial charge in [0.25, 0.3) is 0 Å². The first kappa shape index (κ1) is 40.0. The summed E-state index contributed by atoms with van der Waals surface area (Å²) in [5, 5.41) is 25.2. The summed E-state index contributed by atoms with van der Waals surface area (Å²) in [6.45, 7) is 21.2. The summed E-state index contributed by atoms with van der Waals surface area (Å²) in [5.41, 5.74) is 0.438. The highest BCUT2D eigenvalue weighted by Gasteiger charge is 2.70. The Balaban J connectivity index is 1.22. The molecule has 9 unspecified atom stereocenters. The number of carboxylic acids is 1. The number of carbonyl (C=O) groups excluding carboxylic acids is 2. The Morgan fingerprint density at radius 2 is 1.62 bits per heavy atom. The first-order chi connectivity index (χ1) is 24.7. The lowest BCUT2D eigenvalue weighted by molar-refractivity contribution is -0.235. The third-order valence-corrected chi connectivity index (χ3v) is 16.1. The molecule has 0 bridgehead atoms. The number of aliphatic hydroxyl groups excluding tert-OH is 1. The summed E-state index contributed by atoms with van der Waals surface area (Å²) in [6, 6.07) is 9.77. The van der Waals surface area contributed by atoms with E-state index in [1.807, 2.05) is 30.3 Å². The molecule has 0 radical (unpaired) electrons. The minimum Gasteiger partial charge on any atom is -0.492 e. The van der Waals surface area contributed by atoms with Crippen LogP contribution in [0.25, 0.3) is 0 Å². The fourth-order valence-electron chi connectivity index (χ4n) is 13.1. The molecular weight excluding hydrogens is 666 g/mol. The Hall–Kier alpha value is -2.71. The second-order valence-electron chi connectivity index (χ2n) is 19.9. The molecule has 4 saturated carbocycles. The Morgan fingerprint density at radius 1 is 0.925 bits per heavy atom. The zero-order valence-corrected chi connectivity index (χ0v) is 34.0. The standard InChI is InChI=1S/C45H67NO7/c1-28(2)37-31(47)25-45(34(48)27-46-23-24-52-29-13-11-10-12-14-29)22-21-43(8)30(38(37)45)15-16-33-42(7)19-18-35(53-36(49)26-40(3,4)39(50)51)41(5,6)32(42)17-20-44(33,43)9/h10-14,28,30,32-35,46,48H,15-27H2,1-9H3,(H,50,51). The molecule has 5 aliphatic rings. The molecule has 8 nitrogen and oxygen atoms in total. The molecule has 0 saturated heterocycles. The van der Waals surface area contributed by atoms with Gasteiger partial charge in [-0.2, -0.15) is 0 Å². The van der Waals surface area contributed by atoms with Crippen molar-refractivity contribution in [2.75, 3.05) is 19.7 Å². The first-order valence-electron chi connectivity index (χ1n) is 20.5. The molecule has 6 rings (SSSR count). The van der Waals surface area contributed by atoms with Crippen LogP contribution in [0.2, 0.25) is 0 Å². The number of ether oxygens (including phenoxy) is 2. The monoisotopic (exact) mass is 733 g/mol. The molecule has 0 aliphatic heterocycles. The second-order valence-corrected chi connectivity index (χ2v) is 19.9. The average molecular weight is 734 g/mol. The Kier molecular flexibility index (Phi) is 10.6. The van der Waals surface area contributed by atoms with Crippen LogP contribution < -0.4 is 10.1 Å². The van der Waals surface area contributed by atoms with Crippen LogP contribution in [0.15, 0.2) is 41.5 Å². The number of benzene rings is 1. The van der Waals surface area contributed by atoms with Crippen molar-refractivity contribution in [3.63, 3.8) is 0 Å². The second kappa shape index (κ2) is 14.1. The van der Waals surface area contributed by atoms with Crippen molar-refractivity contribution in [1.82, 2.24) is 5.32 Å². The summed E-state index contributed by atoms with van der Waals surface area (Å²) >= 11 is 0. The SMILES string of the molecule is CC(C)C1=C2C3CCC4C5(C)CCC(OC(=O)CC(C)(C)C(=O)O)C(C)(C)C5CCC4(C)C3(C)CCC2(C(O)CNCCOc2ccccc2)CC1=O. The van der Waals surface area contributed by atoms with Gasteiger partial charge in [-0.05, 0) is 123 Å². The van der Waals surface area contributed by atoms with Gasteiger partial charge in [-0.25, -0.2) is 0 Å². The van der Waals surface area contributed by atoms with Gasteiger partial charge in [-0.1, -0.05) is 72.2 Å². The molecule has 53 heavy (non-hydrogen) atoms. The van der Waals surface area contributed by atoms with Crippen molar-refractivity contribution in [3.8, 4) is 5.75 Å². The number of esters is 1. The fraction of sp³-hybridized carbons (Fsp3) is 0.756. The number of aliphatic carboxylic acids is 1. The molecule has 0 heterocycles. The van der Waals surface area contributed by atoms with Gasteiger partial charge in [0.05, 0.1) is 17.9 Å². The van der Waals surface area contributed by atoms with Crippen LogP contribution in [0.1, 0.15) is 127 Å². The number of hydrogen-bond donors (Lipinski definition) is 3. The molecule has 4 fully saturated rings. The number of Topliss-reactive ketones (excluding diaryl/α,β-unsaturated/α-hetero) is 1. The molecule has 9 atom stereocenters. The number of hydrogen-bond acceptors (Lipinski definition) is 7. The van der Waals surface area contributed by atoms with E-state index in [-0.39, 0.29) is 51.8 Å². The maximum absolute atomic E-state index is 14.0. The normalized spacial score (nSPS) is 36.9. The molecule has 0 amide bonds. The molecule has 5 aliphatic carbocycles. The van der Waals surface area contributed by atoms with Crippen LogP contribution in [0.4, 0.5) is 0 Å². The molecule has 3 N–H and O–H groups in total. The number of ketones is 1. The van der Waals surface area contributed by atoms with Gasteiger partial charge >= 0.3 is 11.9 Å². The quantitative estimate of drug-likeness (QED) is 0.145. The Bertz CT molecular complexity index is 1600. The van der Waals surface area contributed by atoms with Crippen LogP contribution in [0.3, 0.4) is 0 Å². The lowest BCUT2D eigenvalue weighted by atomic mass is 9.33. The highest BCUT2D eigenvalue weighted by atomic mass is 16.5. The topological polar surface area (TPSA) is 122 Å². The zero-order chi connectivity index (χ0) is 38.8. The van der Waals surface area contributed by atoms with E-state index in [0.29, 0.717) is 38.0 Å². The van der Waals surface area contributed by atoms with Crippen molar-refractivity contribution >= 4 is 17.7 Å². The van der Waals surface area contributed by atoms with Crippen molar-refractivity contribution < 1.29 is 34.1 Å². The summed E-state index contributed by atoms with van der Waals surface area (Å²) in [7, 11) is 0. The Morgan fingerprint density at radius 3 is 2.28 bits per heavy atom. The first-order valence-corrected chi connectivity index (χ1v) is 20.5. The van der Waals surface area contributed by atoms with Gasteiger partial charge < -0.3 is 25.0 Å². The van der Waals surface area contributed by atoms with Crippen molar-refractivity contribution in [1.29, 1.82) is 0 Å². The molecule has 8 heteroatoms. The molecule has 0 spiro atoms. The van der Waals surface area contributed by atoms with Gasteiger partial charge in [0.2, 0.25) is 0 Å². The average Bonchev–Trinajstić information content (AvgIpc) is 3.39. The van der Waals surface area contributed by atoms with E-state index in [0.717, 1.165) is 62.7 Å². The maximum Gasteiger partial charge on any atom is 0.309 e. The van der Waals surface area contributed by atoms with Gasteiger partial charge in [-0.15, -0.1) is 0 Å². The molecule has 0 aromatic heterocycles. The number of allylic oxidation sites excluding steroid dienone is 1. The lowest BCUT2D eigenvalue weighted by Gasteiger charge is -2.72.